The third-order valence-electron chi connectivity index (χ3n) is 5.72. The molecule has 32 heavy (non-hydrogen) atoms. The maximum atomic E-state index is 13.3. The molecule has 2 N–H and O–H groups in total. The van der Waals surface area contributed by atoms with E-state index in [0.29, 0.717) is 30.1 Å². The van der Waals surface area contributed by atoms with E-state index in [0.717, 1.165) is 29.9 Å². The third-order valence-corrected chi connectivity index (χ3v) is 7.64. The number of H-pyrrole nitrogens is 1. The van der Waals surface area contributed by atoms with Crippen LogP contribution < -0.4 is 5.32 Å². The Morgan fingerprint density at radius 1 is 1.25 bits per heavy atom. The highest BCUT2D eigenvalue weighted by Crippen LogP contribution is 2.33. The number of anilines is 1. The Bertz CT molecular complexity index is 888. The first-order valence-electron chi connectivity index (χ1n) is 11.2. The fraction of sp³-hybridized carbons (Fsp3) is 0.619. The van der Waals surface area contributed by atoms with Crippen molar-refractivity contribution in [1.82, 2.24) is 19.9 Å². The average Bonchev–Trinajstić information content (AvgIpc) is 3.45. The number of carbonyl (C=O) groups excluding carboxylic acids is 2. The van der Waals surface area contributed by atoms with Crippen LogP contribution in [0.1, 0.15) is 62.4 Å². The minimum Gasteiger partial charge on any atom is -0.461 e. The van der Waals surface area contributed by atoms with E-state index in [4.69, 9.17) is 9.47 Å². The number of aromatic amines is 1. The molecule has 1 aliphatic carbocycles. The predicted octanol–water partition coefficient (Wildman–Crippen LogP) is 4.54. The molecule has 1 aliphatic heterocycles. The number of amides is 2. The van der Waals surface area contributed by atoms with Crippen LogP contribution in [0.4, 0.5) is 9.93 Å². The number of hydrogen-bond acceptors (Lipinski definition) is 8. The number of ether oxygens (including phenoxy) is 2. The second kappa shape index (κ2) is 11.2. The van der Waals surface area contributed by atoms with E-state index in [1.165, 1.54) is 48.6 Å². The highest BCUT2D eigenvalue weighted by molar-refractivity contribution is 8.01. The lowest BCUT2D eigenvalue weighted by Crippen LogP contribution is -2.51. The van der Waals surface area contributed by atoms with E-state index in [-0.39, 0.29) is 23.8 Å². The second-order valence-corrected chi connectivity index (χ2v) is 10.2. The lowest BCUT2D eigenvalue weighted by Gasteiger charge is -2.41. The van der Waals surface area contributed by atoms with Crippen molar-refractivity contribution in [3.63, 3.8) is 0 Å². The Morgan fingerprint density at radius 3 is 2.75 bits per heavy atom. The van der Waals surface area contributed by atoms with Crippen molar-refractivity contribution < 1.29 is 19.1 Å². The van der Waals surface area contributed by atoms with Crippen molar-refractivity contribution in [3.05, 3.63) is 18.1 Å². The average molecular weight is 480 g/mol. The fourth-order valence-corrected chi connectivity index (χ4v) is 5.97. The first-order valence-corrected chi connectivity index (χ1v) is 12.8. The Kier molecular flexibility index (Phi) is 8.04. The second-order valence-electron chi connectivity index (χ2n) is 7.87. The van der Waals surface area contributed by atoms with Crippen LogP contribution in [0.5, 0.6) is 0 Å². The van der Waals surface area contributed by atoms with Gasteiger partial charge in [0.15, 0.2) is 16.0 Å². The Labute approximate surface area is 195 Å². The smallest absolute Gasteiger partial charge is 0.358 e. The molecule has 1 saturated heterocycles. The number of rotatable bonds is 7. The summed E-state index contributed by atoms with van der Waals surface area (Å²) in [5, 5.41) is 4.15. The number of nitrogens with zero attached hydrogens (tertiary/aromatic N) is 3. The molecule has 2 aromatic heterocycles. The lowest BCUT2D eigenvalue weighted by atomic mass is 9.92. The molecule has 0 atom stereocenters. The van der Waals surface area contributed by atoms with Gasteiger partial charge in [0.1, 0.15) is 0 Å². The van der Waals surface area contributed by atoms with Crippen molar-refractivity contribution in [3.8, 4) is 0 Å². The summed E-state index contributed by atoms with van der Waals surface area (Å²) in [5.74, 6) is -0.455. The van der Waals surface area contributed by atoms with Crippen molar-refractivity contribution in [1.29, 1.82) is 0 Å². The number of esters is 1. The molecule has 9 nitrogen and oxygen atoms in total. The highest BCUT2D eigenvalue weighted by Gasteiger charge is 2.33. The van der Waals surface area contributed by atoms with Gasteiger partial charge >= 0.3 is 12.0 Å². The van der Waals surface area contributed by atoms with Gasteiger partial charge in [-0.3, -0.25) is 5.32 Å². The number of aromatic nitrogens is 3. The van der Waals surface area contributed by atoms with Crippen molar-refractivity contribution in [2.45, 2.75) is 73.3 Å². The normalized spacial score (nSPS) is 17.8. The summed E-state index contributed by atoms with van der Waals surface area (Å²) in [6.45, 7) is 3.47. The standard InChI is InChI=1S/C21H29N5O4S2/c1-2-30-18(27)16-12-22-19(24-16)31-17-13-23-20(32-17)25-21(28)26(14-6-4-3-5-7-14)15-8-10-29-11-9-15/h12-15H,2-11H2,1H3,(H,22,24)(H,23,25,28). The summed E-state index contributed by atoms with van der Waals surface area (Å²) in [6.07, 6.45) is 10.7. The maximum Gasteiger partial charge on any atom is 0.358 e. The predicted molar refractivity (Wildman–Crippen MR) is 122 cm³/mol. The summed E-state index contributed by atoms with van der Waals surface area (Å²) in [4.78, 5) is 38.7. The monoisotopic (exact) mass is 479 g/mol. The molecule has 174 valence electrons. The van der Waals surface area contributed by atoms with E-state index < -0.39 is 5.97 Å². The molecule has 3 heterocycles. The van der Waals surface area contributed by atoms with Gasteiger partial charge < -0.3 is 19.4 Å². The summed E-state index contributed by atoms with van der Waals surface area (Å²) >= 11 is 2.74. The fourth-order valence-electron chi connectivity index (χ4n) is 4.23. The van der Waals surface area contributed by atoms with Crippen molar-refractivity contribution >= 4 is 40.2 Å². The zero-order valence-electron chi connectivity index (χ0n) is 18.2. The molecule has 2 fully saturated rings. The van der Waals surface area contributed by atoms with E-state index in [2.05, 4.69) is 25.2 Å². The van der Waals surface area contributed by atoms with E-state index >= 15 is 0 Å². The summed E-state index contributed by atoms with van der Waals surface area (Å²) < 4.78 is 11.3. The Hall–Kier alpha value is -2.11. The molecule has 4 rings (SSSR count). The Balaban J connectivity index is 1.39. The minimum absolute atomic E-state index is 0.0719. The van der Waals surface area contributed by atoms with Crippen molar-refractivity contribution in [2.75, 3.05) is 25.1 Å². The van der Waals surface area contributed by atoms with Crippen LogP contribution in [0.2, 0.25) is 0 Å². The van der Waals surface area contributed by atoms with Crippen molar-refractivity contribution in [2.24, 2.45) is 0 Å². The summed E-state index contributed by atoms with van der Waals surface area (Å²) in [7, 11) is 0. The highest BCUT2D eigenvalue weighted by atomic mass is 32.2. The molecular formula is C21H29N5O4S2. The van der Waals surface area contributed by atoms with Gasteiger partial charge in [0.05, 0.1) is 17.0 Å². The molecular weight excluding hydrogens is 450 g/mol. The molecule has 0 bridgehead atoms. The molecule has 0 radical (unpaired) electrons. The van der Waals surface area contributed by atoms with Gasteiger partial charge in [-0.05, 0) is 44.4 Å². The number of carbonyl (C=O) groups is 2. The molecule has 2 aliphatic rings. The summed E-state index contributed by atoms with van der Waals surface area (Å²) in [5.41, 5.74) is 0.243. The van der Waals surface area contributed by atoms with Crippen LogP contribution in [0.15, 0.2) is 21.8 Å². The first-order chi connectivity index (χ1) is 15.6. The number of nitrogens with one attached hydrogen (secondary N) is 2. The van der Waals surface area contributed by atoms with Crippen LogP contribution >= 0.6 is 23.1 Å². The Morgan fingerprint density at radius 2 is 2.00 bits per heavy atom. The van der Waals surface area contributed by atoms with Gasteiger partial charge in [-0.2, -0.15) is 0 Å². The van der Waals surface area contributed by atoms with Gasteiger partial charge in [0.25, 0.3) is 0 Å². The molecule has 2 aromatic rings. The molecule has 1 saturated carbocycles. The number of urea groups is 1. The zero-order valence-corrected chi connectivity index (χ0v) is 19.8. The van der Waals surface area contributed by atoms with E-state index in [9.17, 15) is 9.59 Å². The lowest BCUT2D eigenvalue weighted by molar-refractivity contribution is 0.0302. The molecule has 2 amide bonds. The van der Waals surface area contributed by atoms with Crippen LogP contribution in [0, 0.1) is 0 Å². The van der Waals surface area contributed by atoms with Crippen LogP contribution in [0.3, 0.4) is 0 Å². The first kappa shape index (κ1) is 23.1. The molecule has 0 spiro atoms. The van der Waals surface area contributed by atoms with Gasteiger partial charge in [-0.1, -0.05) is 30.6 Å². The van der Waals surface area contributed by atoms with Gasteiger partial charge in [-0.25, -0.2) is 19.6 Å². The summed E-state index contributed by atoms with van der Waals surface area (Å²) in [6, 6.07) is 0.424. The van der Waals surface area contributed by atoms with Crippen LogP contribution in [-0.2, 0) is 9.47 Å². The van der Waals surface area contributed by atoms with Gasteiger partial charge in [0.2, 0.25) is 0 Å². The van der Waals surface area contributed by atoms with Gasteiger partial charge in [-0.15, -0.1) is 0 Å². The zero-order chi connectivity index (χ0) is 22.3. The maximum absolute atomic E-state index is 13.3. The van der Waals surface area contributed by atoms with Crippen LogP contribution in [0.25, 0.3) is 0 Å². The molecule has 0 aromatic carbocycles. The number of thiazole rings is 1. The third kappa shape index (κ3) is 5.81. The quantitative estimate of drug-likeness (QED) is 0.561. The van der Waals surface area contributed by atoms with E-state index in [1.54, 1.807) is 13.1 Å². The van der Waals surface area contributed by atoms with Crippen LogP contribution in [-0.4, -0.2) is 63.8 Å². The van der Waals surface area contributed by atoms with E-state index in [1.807, 2.05) is 0 Å². The largest absolute Gasteiger partial charge is 0.461 e. The number of imidazole rings is 1. The number of hydrogen-bond donors (Lipinski definition) is 2. The molecule has 11 heteroatoms. The topological polar surface area (TPSA) is 109 Å². The molecule has 0 unspecified atom stereocenters. The van der Waals surface area contributed by atoms with Gasteiger partial charge in [0, 0.05) is 31.5 Å². The SMILES string of the molecule is CCOC(=O)c1c[nH]c(Sc2cnc(NC(=O)N(C3CCCCC3)C3CCOCC3)s2)n1. The minimum atomic E-state index is -0.455.